The molecular weight excluding hydrogens is 491 g/mol. The second kappa shape index (κ2) is 14.9. The highest BCUT2D eigenvalue weighted by Gasteiger charge is 2.22. The van der Waals surface area contributed by atoms with Crippen LogP contribution in [-0.4, -0.2) is 77.4 Å². The van der Waals surface area contributed by atoms with Crippen LogP contribution in [0.25, 0.3) is 0 Å². The second-order valence-corrected chi connectivity index (χ2v) is 8.38. The molecule has 0 aromatic heterocycles. The van der Waals surface area contributed by atoms with Crippen LogP contribution in [0.2, 0.25) is 0 Å². The maximum atomic E-state index is 12.8. The largest absolute Gasteiger partial charge is 0.493 e. The van der Waals surface area contributed by atoms with E-state index in [0.29, 0.717) is 17.9 Å². The summed E-state index contributed by atoms with van der Waals surface area (Å²) in [6, 6.07) is 10.0. The Kier molecular flexibility index (Phi) is 13.1. The number of methoxy groups -OCH3 is 4. The second-order valence-electron chi connectivity index (χ2n) is 8.38. The van der Waals surface area contributed by atoms with Crippen molar-refractivity contribution in [2.45, 2.75) is 25.7 Å². The zero-order chi connectivity index (χ0) is 23.8. The van der Waals surface area contributed by atoms with Crippen LogP contribution in [0.1, 0.15) is 23.1 Å². The summed E-state index contributed by atoms with van der Waals surface area (Å²) < 4.78 is 21.5. The van der Waals surface area contributed by atoms with Crippen molar-refractivity contribution >= 4 is 30.7 Å². The highest BCUT2D eigenvalue weighted by Crippen LogP contribution is 2.32. The van der Waals surface area contributed by atoms with E-state index < -0.39 is 0 Å². The predicted molar refractivity (Wildman–Crippen MR) is 143 cm³/mol. The lowest BCUT2D eigenvalue weighted by atomic mass is 10.0. The Morgan fingerprint density at radius 1 is 0.829 bits per heavy atom. The highest BCUT2D eigenvalue weighted by atomic mass is 35.5. The van der Waals surface area contributed by atoms with E-state index in [2.05, 4.69) is 18.0 Å². The molecule has 1 aliphatic heterocycles. The van der Waals surface area contributed by atoms with Gasteiger partial charge in [0, 0.05) is 19.6 Å². The van der Waals surface area contributed by atoms with Crippen LogP contribution in [0.15, 0.2) is 30.3 Å². The van der Waals surface area contributed by atoms with Gasteiger partial charge in [0.25, 0.3) is 0 Å². The molecule has 0 radical (unpaired) electrons. The van der Waals surface area contributed by atoms with Crippen LogP contribution < -0.4 is 18.9 Å². The molecule has 35 heavy (non-hydrogen) atoms. The molecule has 0 spiro atoms. The van der Waals surface area contributed by atoms with E-state index in [1.807, 2.05) is 29.2 Å². The molecule has 1 heterocycles. The third kappa shape index (κ3) is 8.09. The van der Waals surface area contributed by atoms with Crippen molar-refractivity contribution in [2.75, 3.05) is 61.7 Å². The zero-order valence-electron chi connectivity index (χ0n) is 21.3. The van der Waals surface area contributed by atoms with E-state index in [-0.39, 0.29) is 30.7 Å². The Bertz CT molecular complexity index is 958. The van der Waals surface area contributed by atoms with Crippen molar-refractivity contribution in [3.63, 3.8) is 0 Å². The van der Waals surface area contributed by atoms with Crippen molar-refractivity contribution in [2.24, 2.45) is 0 Å². The molecule has 7 nitrogen and oxygen atoms in total. The molecule has 0 unspecified atom stereocenters. The van der Waals surface area contributed by atoms with Gasteiger partial charge < -0.3 is 28.7 Å². The Morgan fingerprint density at radius 2 is 1.43 bits per heavy atom. The number of nitrogens with zero attached hydrogens (tertiary/aromatic N) is 2. The summed E-state index contributed by atoms with van der Waals surface area (Å²) in [6.45, 7) is 3.37. The molecule has 9 heteroatoms. The lowest BCUT2D eigenvalue weighted by Gasteiger charge is -2.23. The molecule has 0 saturated heterocycles. The number of hydrogen-bond donors (Lipinski definition) is 0. The number of likely N-dealkylation sites (N-methyl/N-ethyl adjacent to an activating group) is 1. The molecular formula is C26H38Cl2N2O5. The van der Waals surface area contributed by atoms with Gasteiger partial charge in [0.15, 0.2) is 23.0 Å². The molecule has 0 aliphatic carbocycles. The third-order valence-electron chi connectivity index (χ3n) is 6.25. The fraction of sp³-hybridized carbons (Fsp3) is 0.500. The monoisotopic (exact) mass is 528 g/mol. The summed E-state index contributed by atoms with van der Waals surface area (Å²) in [5.74, 6) is 3.07. The minimum Gasteiger partial charge on any atom is -0.493 e. The van der Waals surface area contributed by atoms with Gasteiger partial charge in [0.2, 0.25) is 5.91 Å². The fourth-order valence-electron chi connectivity index (χ4n) is 4.25. The Labute approximate surface area is 221 Å². The van der Waals surface area contributed by atoms with E-state index >= 15 is 0 Å². The number of carbonyl (C=O) groups excluding carboxylic acids is 1. The smallest absolute Gasteiger partial charge is 0.227 e. The van der Waals surface area contributed by atoms with Crippen LogP contribution in [0.3, 0.4) is 0 Å². The average molecular weight is 530 g/mol. The van der Waals surface area contributed by atoms with Crippen molar-refractivity contribution in [1.29, 1.82) is 0 Å². The number of fused-ring (bicyclic) bond motifs is 1. The maximum absolute atomic E-state index is 12.8. The van der Waals surface area contributed by atoms with Gasteiger partial charge in [-0.2, -0.15) is 0 Å². The summed E-state index contributed by atoms with van der Waals surface area (Å²) in [4.78, 5) is 17.1. The van der Waals surface area contributed by atoms with E-state index in [0.717, 1.165) is 68.1 Å². The fourth-order valence-corrected chi connectivity index (χ4v) is 4.25. The van der Waals surface area contributed by atoms with E-state index in [9.17, 15) is 4.79 Å². The molecule has 0 atom stereocenters. The van der Waals surface area contributed by atoms with E-state index in [1.165, 1.54) is 5.56 Å². The number of hydrogen-bond acceptors (Lipinski definition) is 6. The van der Waals surface area contributed by atoms with Crippen LogP contribution in [-0.2, 0) is 24.1 Å². The maximum Gasteiger partial charge on any atom is 0.227 e. The van der Waals surface area contributed by atoms with Gasteiger partial charge in [0.05, 0.1) is 34.9 Å². The van der Waals surface area contributed by atoms with Crippen molar-refractivity contribution in [3.05, 3.63) is 47.0 Å². The van der Waals surface area contributed by atoms with Crippen LogP contribution in [0.5, 0.6) is 23.0 Å². The first-order chi connectivity index (χ1) is 16.0. The molecule has 196 valence electrons. The van der Waals surface area contributed by atoms with Gasteiger partial charge in [-0.05, 0) is 73.8 Å². The summed E-state index contributed by atoms with van der Waals surface area (Å²) in [6.07, 6.45) is 3.11. The Morgan fingerprint density at radius 3 is 2.06 bits per heavy atom. The van der Waals surface area contributed by atoms with Crippen molar-refractivity contribution < 1.29 is 23.7 Å². The normalized spacial score (nSPS) is 12.7. The van der Waals surface area contributed by atoms with Gasteiger partial charge in [-0.1, -0.05) is 6.07 Å². The Hall–Kier alpha value is -2.35. The number of halogens is 2. The lowest BCUT2D eigenvalue weighted by molar-refractivity contribution is -0.130. The molecule has 0 fully saturated rings. The van der Waals surface area contributed by atoms with Gasteiger partial charge in [-0.15, -0.1) is 24.8 Å². The van der Waals surface area contributed by atoms with Gasteiger partial charge in [-0.25, -0.2) is 0 Å². The van der Waals surface area contributed by atoms with Gasteiger partial charge in [0.1, 0.15) is 0 Å². The number of carbonyl (C=O) groups is 1. The highest BCUT2D eigenvalue weighted by molar-refractivity contribution is 5.85. The average Bonchev–Trinajstić information content (AvgIpc) is 2.99. The SMILES string of the molecule is COc1ccc(CCN(C)CCCN2CCc3cc(OC)c(OC)cc3CC2=O)cc1OC.Cl.Cl. The summed E-state index contributed by atoms with van der Waals surface area (Å²) in [5, 5.41) is 0. The van der Waals surface area contributed by atoms with Crippen molar-refractivity contribution in [3.8, 4) is 23.0 Å². The zero-order valence-corrected chi connectivity index (χ0v) is 22.9. The molecule has 0 saturated carbocycles. The number of rotatable bonds is 11. The van der Waals surface area contributed by atoms with Crippen molar-refractivity contribution in [1.82, 2.24) is 9.80 Å². The lowest BCUT2D eigenvalue weighted by Crippen LogP contribution is -2.35. The first kappa shape index (κ1) is 30.7. The predicted octanol–water partition coefficient (Wildman–Crippen LogP) is 4.06. The molecule has 0 bridgehead atoms. The van der Waals surface area contributed by atoms with Crippen LogP contribution >= 0.6 is 24.8 Å². The third-order valence-corrected chi connectivity index (χ3v) is 6.25. The Balaban J connectivity index is 0.00000306. The molecule has 1 aliphatic rings. The quantitative estimate of drug-likeness (QED) is 0.438. The topological polar surface area (TPSA) is 60.5 Å². The molecule has 2 aromatic carbocycles. The molecule has 1 amide bonds. The van der Waals surface area contributed by atoms with Gasteiger partial charge in [-0.3, -0.25) is 4.79 Å². The minimum atomic E-state index is 0. The molecule has 0 N–H and O–H groups in total. The molecule has 3 rings (SSSR count). The van der Waals surface area contributed by atoms with Crippen LogP contribution in [0.4, 0.5) is 0 Å². The van der Waals surface area contributed by atoms with E-state index in [1.54, 1.807) is 28.4 Å². The van der Waals surface area contributed by atoms with Gasteiger partial charge >= 0.3 is 0 Å². The first-order valence-corrected chi connectivity index (χ1v) is 11.4. The standard InChI is InChI=1S/C26H36N2O5.2ClH/c1-27(13-9-19-7-8-22(30-2)23(15-19)31-3)11-6-12-28-14-10-20-16-24(32-4)25(33-5)17-21(20)18-26(28)29;;/h7-8,15-17H,6,9-14,18H2,1-5H3;2*1H. The van der Waals surface area contributed by atoms with E-state index in [4.69, 9.17) is 18.9 Å². The summed E-state index contributed by atoms with van der Waals surface area (Å²) in [7, 11) is 8.69. The first-order valence-electron chi connectivity index (χ1n) is 11.4. The number of ether oxygens (including phenoxy) is 4. The minimum absolute atomic E-state index is 0. The number of benzene rings is 2. The summed E-state index contributed by atoms with van der Waals surface area (Å²) >= 11 is 0. The molecule has 2 aromatic rings. The number of amides is 1. The summed E-state index contributed by atoms with van der Waals surface area (Å²) in [5.41, 5.74) is 3.41. The van der Waals surface area contributed by atoms with Crippen LogP contribution in [0, 0.1) is 0 Å².